The smallest absolute Gasteiger partial charge is 0.0971 e. The van der Waals surface area contributed by atoms with Gasteiger partial charge in [0.2, 0.25) is 0 Å². The van der Waals surface area contributed by atoms with Gasteiger partial charge >= 0.3 is 0 Å². The van der Waals surface area contributed by atoms with Crippen molar-refractivity contribution in [2.24, 2.45) is 57.7 Å². The summed E-state index contributed by atoms with van der Waals surface area (Å²) >= 11 is 0. The SMILES string of the molecule is CCOOC1CC2C3CCC(C(C)CCC=C(C)C)C3(C)CCC2C2(C)CCC(C(C)OO)C(C)(C)C12. The van der Waals surface area contributed by atoms with Crippen LogP contribution in [0, 0.1) is 57.7 Å². The van der Waals surface area contributed by atoms with Crippen molar-refractivity contribution < 1.29 is 19.9 Å². The van der Waals surface area contributed by atoms with Crippen LogP contribution < -0.4 is 0 Å². The lowest BCUT2D eigenvalue weighted by Crippen LogP contribution is -2.64. The van der Waals surface area contributed by atoms with E-state index in [1.54, 1.807) is 0 Å². The maximum absolute atomic E-state index is 9.60. The predicted octanol–water partition coefficient (Wildman–Crippen LogP) is 9.10. The molecule has 0 heterocycles. The normalized spacial score (nSPS) is 44.3. The summed E-state index contributed by atoms with van der Waals surface area (Å²) in [5, 5.41) is 9.60. The summed E-state index contributed by atoms with van der Waals surface area (Å²) in [7, 11) is 0. The second-order valence-corrected chi connectivity index (χ2v) is 15.0. The Morgan fingerprint density at radius 1 is 0.946 bits per heavy atom. The number of hydrogen-bond acceptors (Lipinski definition) is 4. The summed E-state index contributed by atoms with van der Waals surface area (Å²) in [6.07, 6.45) is 13.9. The highest BCUT2D eigenvalue weighted by Crippen LogP contribution is 2.71. The summed E-state index contributed by atoms with van der Waals surface area (Å²) in [5.41, 5.74) is 2.14. The number of hydrogen-bond donors (Lipinski definition) is 1. The first-order valence-electron chi connectivity index (χ1n) is 15.6. The number of allylic oxidation sites excluding steroid dienone is 2. The van der Waals surface area contributed by atoms with Crippen molar-refractivity contribution in [2.45, 2.75) is 132 Å². The molecule has 0 spiro atoms. The van der Waals surface area contributed by atoms with E-state index in [1.165, 1.54) is 50.5 Å². The van der Waals surface area contributed by atoms with E-state index >= 15 is 0 Å². The van der Waals surface area contributed by atoms with Crippen molar-refractivity contribution >= 4 is 0 Å². The highest BCUT2D eigenvalue weighted by atomic mass is 17.2. The van der Waals surface area contributed by atoms with E-state index in [0.29, 0.717) is 23.9 Å². The van der Waals surface area contributed by atoms with Crippen LogP contribution in [0.25, 0.3) is 0 Å². The maximum Gasteiger partial charge on any atom is 0.0971 e. The molecule has 4 aliphatic carbocycles. The molecule has 37 heavy (non-hydrogen) atoms. The van der Waals surface area contributed by atoms with Crippen LogP contribution in [0.15, 0.2) is 11.6 Å². The molecule has 0 aliphatic heterocycles. The number of rotatable bonds is 9. The van der Waals surface area contributed by atoms with Gasteiger partial charge < -0.3 is 0 Å². The fourth-order valence-corrected chi connectivity index (χ4v) is 11.2. The molecular weight excluding hydrogens is 460 g/mol. The van der Waals surface area contributed by atoms with Crippen molar-refractivity contribution in [1.82, 2.24) is 0 Å². The van der Waals surface area contributed by atoms with Crippen LogP contribution in [0.3, 0.4) is 0 Å². The molecule has 4 fully saturated rings. The lowest BCUT2D eigenvalue weighted by atomic mass is 9.39. The standard InChI is InChI=1S/C33H58O4/c1-10-35-37-29-20-24-27-15-14-25(22(4)13-11-12-21(2)3)32(27,8)18-17-28(24)33(9)19-16-26(23(5)36-34)31(6,7)30(29)33/h12,22-30,34H,10-11,13-20H2,1-9H3. The molecule has 4 heteroatoms. The van der Waals surface area contributed by atoms with Gasteiger partial charge in [-0.25, -0.2) is 14.7 Å². The first kappa shape index (κ1) is 29.6. The minimum atomic E-state index is -0.164. The van der Waals surface area contributed by atoms with Gasteiger partial charge in [0.1, 0.15) is 0 Å². The minimum absolute atomic E-state index is 0.000285. The van der Waals surface area contributed by atoms with Gasteiger partial charge in [-0.05, 0) is 143 Å². The van der Waals surface area contributed by atoms with E-state index in [4.69, 9.17) is 14.7 Å². The van der Waals surface area contributed by atoms with Gasteiger partial charge in [0.15, 0.2) is 0 Å². The Labute approximate surface area is 228 Å². The summed E-state index contributed by atoms with van der Waals surface area (Å²) in [5.74, 6) is 4.61. The van der Waals surface area contributed by atoms with Crippen molar-refractivity contribution in [3.05, 3.63) is 11.6 Å². The van der Waals surface area contributed by atoms with Gasteiger partial charge in [0, 0.05) is 0 Å². The molecule has 11 atom stereocenters. The first-order valence-corrected chi connectivity index (χ1v) is 15.6. The molecule has 0 amide bonds. The molecule has 0 aromatic rings. The molecular formula is C33H58O4. The highest BCUT2D eigenvalue weighted by Gasteiger charge is 2.66. The van der Waals surface area contributed by atoms with Crippen LogP contribution in [0.4, 0.5) is 0 Å². The Bertz CT molecular complexity index is 802. The van der Waals surface area contributed by atoms with Crippen molar-refractivity contribution in [1.29, 1.82) is 0 Å². The summed E-state index contributed by atoms with van der Waals surface area (Å²) in [6, 6.07) is 0. The quantitative estimate of drug-likeness (QED) is 0.188. The third-order valence-electron chi connectivity index (χ3n) is 12.6. The molecule has 4 rings (SSSR count). The zero-order valence-electron chi connectivity index (χ0n) is 25.5. The fourth-order valence-electron chi connectivity index (χ4n) is 11.2. The second kappa shape index (κ2) is 11.2. The van der Waals surface area contributed by atoms with E-state index in [1.807, 2.05) is 13.8 Å². The van der Waals surface area contributed by atoms with E-state index in [2.05, 4.69) is 54.5 Å². The van der Waals surface area contributed by atoms with Crippen LogP contribution in [-0.4, -0.2) is 24.1 Å². The summed E-state index contributed by atoms with van der Waals surface area (Å²) in [6.45, 7) is 21.7. The average molecular weight is 519 g/mol. The Kier molecular flexibility index (Phi) is 8.96. The molecule has 1 N–H and O–H groups in total. The summed E-state index contributed by atoms with van der Waals surface area (Å²) in [4.78, 5) is 17.0. The first-order chi connectivity index (χ1) is 17.4. The Morgan fingerprint density at radius 3 is 2.27 bits per heavy atom. The Hall–Kier alpha value is -0.420. The molecule has 0 bridgehead atoms. The third-order valence-corrected chi connectivity index (χ3v) is 12.6. The maximum atomic E-state index is 9.60. The monoisotopic (exact) mass is 518 g/mol. The van der Waals surface area contributed by atoms with Gasteiger partial charge in [-0.3, -0.25) is 5.26 Å². The predicted molar refractivity (Wildman–Crippen MR) is 151 cm³/mol. The molecule has 0 aromatic heterocycles. The Balaban J connectivity index is 1.61. The fraction of sp³-hybridized carbons (Fsp3) is 0.939. The summed E-state index contributed by atoms with van der Waals surface area (Å²) < 4.78 is 0. The topological polar surface area (TPSA) is 47.9 Å². The largest absolute Gasteiger partial charge is 0.252 e. The van der Waals surface area contributed by atoms with Gasteiger partial charge in [-0.15, -0.1) is 0 Å². The van der Waals surface area contributed by atoms with Gasteiger partial charge in [-0.2, -0.15) is 0 Å². The van der Waals surface area contributed by atoms with Crippen molar-refractivity contribution in [3.8, 4) is 0 Å². The second-order valence-electron chi connectivity index (χ2n) is 15.0. The van der Waals surface area contributed by atoms with Crippen LogP contribution in [0.5, 0.6) is 0 Å². The lowest BCUT2D eigenvalue weighted by molar-refractivity contribution is -0.372. The van der Waals surface area contributed by atoms with Crippen LogP contribution >= 0.6 is 0 Å². The van der Waals surface area contributed by atoms with Crippen LogP contribution in [-0.2, 0) is 14.7 Å². The van der Waals surface area contributed by atoms with Gasteiger partial charge in [0.25, 0.3) is 0 Å². The van der Waals surface area contributed by atoms with E-state index in [9.17, 15) is 5.26 Å². The molecule has 0 aromatic carbocycles. The number of fused-ring (bicyclic) bond motifs is 5. The van der Waals surface area contributed by atoms with Crippen LogP contribution in [0.2, 0.25) is 0 Å². The van der Waals surface area contributed by atoms with Gasteiger partial charge in [-0.1, -0.05) is 46.3 Å². The van der Waals surface area contributed by atoms with E-state index in [-0.39, 0.29) is 23.0 Å². The highest BCUT2D eigenvalue weighted by molar-refractivity contribution is 5.15. The third kappa shape index (κ3) is 5.11. The molecule has 0 radical (unpaired) electrons. The minimum Gasteiger partial charge on any atom is -0.252 e. The average Bonchev–Trinajstić information content (AvgIpc) is 3.19. The zero-order valence-corrected chi connectivity index (χ0v) is 25.5. The molecule has 4 aliphatic rings. The molecule has 214 valence electrons. The van der Waals surface area contributed by atoms with Crippen molar-refractivity contribution in [2.75, 3.05) is 6.61 Å². The zero-order chi connectivity index (χ0) is 27.2. The van der Waals surface area contributed by atoms with E-state index in [0.717, 1.165) is 42.4 Å². The van der Waals surface area contributed by atoms with Crippen LogP contribution in [0.1, 0.15) is 120 Å². The van der Waals surface area contributed by atoms with Crippen molar-refractivity contribution in [3.63, 3.8) is 0 Å². The molecule has 4 saturated carbocycles. The molecule has 0 saturated heterocycles. The lowest BCUT2D eigenvalue weighted by Gasteiger charge is -2.67. The molecule has 4 nitrogen and oxygen atoms in total. The Morgan fingerprint density at radius 2 is 1.62 bits per heavy atom. The van der Waals surface area contributed by atoms with E-state index < -0.39 is 0 Å². The molecule has 11 unspecified atom stereocenters. The van der Waals surface area contributed by atoms with Gasteiger partial charge in [0.05, 0.1) is 18.8 Å².